The van der Waals surface area contributed by atoms with Gasteiger partial charge in [-0.25, -0.2) is 19.3 Å². The molecule has 4 rings (SSSR count). The second-order valence-corrected chi connectivity index (χ2v) is 6.95. The highest BCUT2D eigenvalue weighted by Gasteiger charge is 2.28. The summed E-state index contributed by atoms with van der Waals surface area (Å²) in [5.41, 5.74) is 2.94. The third-order valence-electron chi connectivity index (χ3n) is 4.44. The largest absolute Gasteiger partial charge is 0.259 e. The molecule has 0 fully saturated rings. The summed E-state index contributed by atoms with van der Waals surface area (Å²) in [5.74, 6) is 1.33. The molecule has 0 unspecified atom stereocenters. The van der Waals surface area contributed by atoms with Crippen LogP contribution in [0.5, 0.6) is 0 Å². The number of aromatic nitrogens is 8. The van der Waals surface area contributed by atoms with Gasteiger partial charge in [0.05, 0.1) is 40.6 Å². The van der Waals surface area contributed by atoms with Crippen LogP contribution in [-0.2, 0) is 5.41 Å². The predicted molar refractivity (Wildman–Crippen MR) is 99.9 cm³/mol. The van der Waals surface area contributed by atoms with E-state index >= 15 is 0 Å². The van der Waals surface area contributed by atoms with E-state index in [0.717, 1.165) is 22.8 Å². The zero-order chi connectivity index (χ0) is 19.0. The van der Waals surface area contributed by atoms with Crippen molar-refractivity contribution in [2.45, 2.75) is 33.1 Å². The molecule has 27 heavy (non-hydrogen) atoms. The summed E-state index contributed by atoms with van der Waals surface area (Å²) in [6, 6.07) is 3.86. The van der Waals surface area contributed by atoms with Crippen LogP contribution in [0.3, 0.4) is 0 Å². The number of aryl methyl sites for hydroxylation is 2. The van der Waals surface area contributed by atoms with E-state index in [1.807, 2.05) is 38.4 Å². The first kappa shape index (κ1) is 17.0. The molecule has 0 saturated heterocycles. The molecule has 0 aliphatic carbocycles. The summed E-state index contributed by atoms with van der Waals surface area (Å²) in [6.07, 6.45) is 10.6. The molecule has 0 saturated carbocycles. The Hall–Kier alpha value is -3.42. The summed E-state index contributed by atoms with van der Waals surface area (Å²) < 4.78 is 3.44. The quantitative estimate of drug-likeness (QED) is 0.556. The number of hydrogen-bond donors (Lipinski definition) is 0. The van der Waals surface area contributed by atoms with Gasteiger partial charge in [-0.2, -0.15) is 10.2 Å². The fourth-order valence-electron chi connectivity index (χ4n) is 2.75. The smallest absolute Gasteiger partial charge is 0.172 e. The maximum absolute atomic E-state index is 4.76. The van der Waals surface area contributed by atoms with Crippen LogP contribution in [0.15, 0.2) is 49.3 Å². The molecule has 4 aromatic rings. The van der Waals surface area contributed by atoms with Gasteiger partial charge in [0, 0.05) is 24.8 Å². The predicted octanol–water partition coefficient (Wildman–Crippen LogP) is 2.58. The van der Waals surface area contributed by atoms with Gasteiger partial charge in [-0.05, 0) is 39.8 Å². The summed E-state index contributed by atoms with van der Waals surface area (Å²) in [6.45, 7) is 7.99. The van der Waals surface area contributed by atoms with Gasteiger partial charge >= 0.3 is 0 Å². The van der Waals surface area contributed by atoms with E-state index < -0.39 is 5.41 Å². The van der Waals surface area contributed by atoms with E-state index in [0.29, 0.717) is 11.6 Å². The van der Waals surface area contributed by atoms with Crippen molar-refractivity contribution >= 4 is 0 Å². The Balaban J connectivity index is 1.73. The zero-order valence-corrected chi connectivity index (χ0v) is 15.7. The Labute approximate surface area is 157 Å². The maximum atomic E-state index is 4.76. The molecule has 4 aromatic heterocycles. The van der Waals surface area contributed by atoms with Crippen LogP contribution in [0, 0.1) is 13.8 Å². The van der Waals surface area contributed by atoms with Gasteiger partial charge < -0.3 is 0 Å². The molecule has 0 atom stereocenters. The van der Waals surface area contributed by atoms with Crippen molar-refractivity contribution in [3.05, 3.63) is 72.1 Å². The summed E-state index contributed by atoms with van der Waals surface area (Å²) in [4.78, 5) is 18.2. The molecule has 0 radical (unpaired) electrons. The minimum Gasteiger partial charge on any atom is -0.259 e. The molecule has 0 aliphatic rings. The van der Waals surface area contributed by atoms with Gasteiger partial charge in [0.15, 0.2) is 11.6 Å². The lowest BCUT2D eigenvalue weighted by Crippen LogP contribution is -2.24. The van der Waals surface area contributed by atoms with Gasteiger partial charge in [0.25, 0.3) is 0 Å². The lowest BCUT2D eigenvalue weighted by molar-refractivity contribution is 0.580. The fraction of sp³-hybridized carbons (Fsp3) is 0.263. The van der Waals surface area contributed by atoms with Crippen LogP contribution in [0.25, 0.3) is 11.6 Å². The second-order valence-electron chi connectivity index (χ2n) is 6.95. The molecular weight excluding hydrogens is 340 g/mol. The number of hydrogen-bond acceptors (Lipinski definition) is 6. The lowest BCUT2D eigenvalue weighted by atomic mass is 9.86. The monoisotopic (exact) mass is 360 g/mol. The third-order valence-corrected chi connectivity index (χ3v) is 4.44. The molecule has 8 nitrogen and oxygen atoms in total. The fourth-order valence-corrected chi connectivity index (χ4v) is 2.75. The average Bonchev–Trinajstić information content (AvgIpc) is 3.30. The van der Waals surface area contributed by atoms with E-state index in [-0.39, 0.29) is 0 Å². The highest BCUT2D eigenvalue weighted by atomic mass is 15.3. The number of rotatable bonds is 4. The minimum atomic E-state index is -0.490. The topological polar surface area (TPSA) is 87.2 Å². The first-order valence-corrected chi connectivity index (χ1v) is 8.64. The van der Waals surface area contributed by atoms with Gasteiger partial charge in [-0.3, -0.25) is 9.97 Å². The Bertz CT molecular complexity index is 1010. The lowest BCUT2D eigenvalue weighted by Gasteiger charge is -2.23. The van der Waals surface area contributed by atoms with Crippen LogP contribution in [0.1, 0.15) is 36.6 Å². The summed E-state index contributed by atoms with van der Waals surface area (Å²) in [7, 11) is 0. The van der Waals surface area contributed by atoms with Gasteiger partial charge in [-0.1, -0.05) is 0 Å². The molecule has 0 N–H and O–H groups in total. The molecule has 0 amide bonds. The van der Waals surface area contributed by atoms with E-state index in [1.54, 1.807) is 34.2 Å². The standard InChI is InChI=1S/C19H20N8/c1-13-5-7-26(24-13)17-11-20-9-15(22-17)19(3,4)16-10-21-12-18(23-16)27-8-6-14(2)25-27/h5-12H,1-4H3. The van der Waals surface area contributed by atoms with Crippen molar-refractivity contribution < 1.29 is 0 Å². The van der Waals surface area contributed by atoms with Crippen molar-refractivity contribution in [2.24, 2.45) is 0 Å². The van der Waals surface area contributed by atoms with E-state index in [4.69, 9.17) is 9.97 Å². The normalized spacial score (nSPS) is 11.7. The second kappa shape index (κ2) is 6.39. The number of nitrogens with zero attached hydrogens (tertiary/aromatic N) is 8. The Morgan fingerprint density at radius 2 is 1.15 bits per heavy atom. The van der Waals surface area contributed by atoms with Crippen LogP contribution in [0.4, 0.5) is 0 Å². The van der Waals surface area contributed by atoms with Crippen LogP contribution in [0.2, 0.25) is 0 Å². The Kier molecular flexibility index (Phi) is 4.02. The molecule has 136 valence electrons. The molecule has 0 aliphatic heterocycles. The first-order valence-electron chi connectivity index (χ1n) is 8.64. The molecule has 0 bridgehead atoms. The maximum Gasteiger partial charge on any atom is 0.172 e. The highest BCUT2D eigenvalue weighted by Crippen LogP contribution is 2.28. The molecule has 0 aromatic carbocycles. The van der Waals surface area contributed by atoms with Crippen LogP contribution >= 0.6 is 0 Å². The van der Waals surface area contributed by atoms with Crippen molar-refractivity contribution in [1.29, 1.82) is 0 Å². The summed E-state index contributed by atoms with van der Waals surface area (Å²) in [5, 5.41) is 8.82. The SMILES string of the molecule is Cc1ccn(-c2cncc(C(C)(C)c3cncc(-n4ccc(C)n4)n3)n2)n1. The van der Waals surface area contributed by atoms with E-state index in [2.05, 4.69) is 34.0 Å². The van der Waals surface area contributed by atoms with Crippen molar-refractivity contribution in [3.63, 3.8) is 0 Å². The first-order chi connectivity index (χ1) is 12.9. The minimum absolute atomic E-state index is 0.490. The van der Waals surface area contributed by atoms with Crippen molar-refractivity contribution in [2.75, 3.05) is 0 Å². The van der Waals surface area contributed by atoms with Crippen LogP contribution < -0.4 is 0 Å². The van der Waals surface area contributed by atoms with Gasteiger partial charge in [0.2, 0.25) is 0 Å². The van der Waals surface area contributed by atoms with Gasteiger partial charge in [0.1, 0.15) is 0 Å². The summed E-state index contributed by atoms with van der Waals surface area (Å²) >= 11 is 0. The van der Waals surface area contributed by atoms with E-state index in [9.17, 15) is 0 Å². The molecular formula is C19H20N8. The van der Waals surface area contributed by atoms with Crippen molar-refractivity contribution in [3.8, 4) is 11.6 Å². The molecule has 0 spiro atoms. The Morgan fingerprint density at radius 1 is 0.704 bits per heavy atom. The molecule has 8 heteroatoms. The highest BCUT2D eigenvalue weighted by molar-refractivity contribution is 5.32. The van der Waals surface area contributed by atoms with Crippen molar-refractivity contribution in [1.82, 2.24) is 39.5 Å². The van der Waals surface area contributed by atoms with Crippen LogP contribution in [-0.4, -0.2) is 39.5 Å². The van der Waals surface area contributed by atoms with E-state index in [1.165, 1.54) is 0 Å². The average molecular weight is 360 g/mol. The Morgan fingerprint density at radius 3 is 1.52 bits per heavy atom. The molecule has 4 heterocycles. The van der Waals surface area contributed by atoms with Gasteiger partial charge in [-0.15, -0.1) is 0 Å². The zero-order valence-electron chi connectivity index (χ0n) is 15.7. The third kappa shape index (κ3) is 3.21.